The first-order valence-corrected chi connectivity index (χ1v) is 9.21. The van der Waals surface area contributed by atoms with Crippen molar-refractivity contribution < 1.29 is 4.79 Å². The van der Waals surface area contributed by atoms with Crippen LogP contribution < -0.4 is 5.32 Å². The zero-order valence-corrected chi connectivity index (χ0v) is 16.0. The summed E-state index contributed by atoms with van der Waals surface area (Å²) < 4.78 is 0.933. The van der Waals surface area contributed by atoms with Gasteiger partial charge in [0.15, 0.2) is 0 Å². The Kier molecular flexibility index (Phi) is 7.06. The van der Waals surface area contributed by atoms with E-state index in [0.717, 1.165) is 37.1 Å². The van der Waals surface area contributed by atoms with Gasteiger partial charge in [-0.2, -0.15) is 0 Å². The van der Waals surface area contributed by atoms with Crippen LogP contribution in [0.5, 0.6) is 0 Å². The van der Waals surface area contributed by atoms with Crippen LogP contribution in [0.15, 0.2) is 28.7 Å². The lowest BCUT2D eigenvalue weighted by Gasteiger charge is -2.38. The van der Waals surface area contributed by atoms with Gasteiger partial charge in [-0.05, 0) is 37.6 Å². The van der Waals surface area contributed by atoms with Gasteiger partial charge in [-0.1, -0.05) is 35.8 Å². The molecule has 1 unspecified atom stereocenters. The van der Waals surface area contributed by atoms with Crippen molar-refractivity contribution in [1.29, 1.82) is 0 Å². The third-order valence-corrected chi connectivity index (χ3v) is 4.88. The third-order valence-electron chi connectivity index (χ3n) is 4.38. The van der Waals surface area contributed by atoms with Gasteiger partial charge in [-0.15, -0.1) is 0 Å². The molecule has 1 fully saturated rings. The van der Waals surface area contributed by atoms with Crippen LogP contribution in [0.2, 0.25) is 0 Å². The molecular weight excluding hydrogens is 354 g/mol. The summed E-state index contributed by atoms with van der Waals surface area (Å²) >= 11 is 3.42. The number of nitrogens with one attached hydrogen (secondary N) is 1. The number of hydrogen-bond acceptors (Lipinski definition) is 3. The van der Waals surface area contributed by atoms with Crippen LogP contribution in [0.25, 0.3) is 0 Å². The van der Waals surface area contributed by atoms with E-state index in [2.05, 4.69) is 51.9 Å². The summed E-state index contributed by atoms with van der Waals surface area (Å²) in [4.78, 5) is 17.3. The van der Waals surface area contributed by atoms with Crippen LogP contribution in [0.3, 0.4) is 0 Å². The summed E-state index contributed by atoms with van der Waals surface area (Å²) in [7, 11) is 2.17. The Labute approximate surface area is 148 Å². The predicted molar refractivity (Wildman–Crippen MR) is 98.8 cm³/mol. The SMILES string of the molecule is CC(C)CC(CNC(=O)c1cccc(Br)c1)N1CCN(C)CC1. The van der Waals surface area contributed by atoms with Crippen LogP contribution >= 0.6 is 15.9 Å². The Morgan fingerprint density at radius 1 is 1.26 bits per heavy atom. The van der Waals surface area contributed by atoms with Gasteiger partial charge in [-0.3, -0.25) is 9.69 Å². The molecule has 0 radical (unpaired) electrons. The molecule has 0 saturated carbocycles. The fraction of sp³-hybridized carbons (Fsp3) is 0.611. The van der Waals surface area contributed by atoms with Gasteiger partial charge < -0.3 is 10.2 Å². The number of hydrogen-bond donors (Lipinski definition) is 1. The number of nitrogens with zero attached hydrogens (tertiary/aromatic N) is 2. The predicted octanol–water partition coefficient (Wildman–Crippen LogP) is 2.84. The molecule has 1 heterocycles. The first-order chi connectivity index (χ1) is 11.0. The fourth-order valence-electron chi connectivity index (χ4n) is 3.04. The molecule has 4 nitrogen and oxygen atoms in total. The lowest BCUT2D eigenvalue weighted by Crippen LogP contribution is -2.52. The van der Waals surface area contributed by atoms with Gasteiger partial charge >= 0.3 is 0 Å². The van der Waals surface area contributed by atoms with E-state index >= 15 is 0 Å². The number of likely N-dealkylation sites (N-methyl/N-ethyl adjacent to an activating group) is 1. The Hall–Kier alpha value is -0.910. The highest BCUT2D eigenvalue weighted by Crippen LogP contribution is 2.15. The topological polar surface area (TPSA) is 35.6 Å². The maximum Gasteiger partial charge on any atom is 0.251 e. The molecule has 0 aliphatic carbocycles. The van der Waals surface area contributed by atoms with Crippen molar-refractivity contribution >= 4 is 21.8 Å². The van der Waals surface area contributed by atoms with Crippen molar-refractivity contribution in [3.8, 4) is 0 Å². The Bertz CT molecular complexity index is 513. The van der Waals surface area contributed by atoms with Gasteiger partial charge in [0, 0.05) is 48.8 Å². The average molecular weight is 382 g/mol. The van der Waals surface area contributed by atoms with Crippen LogP contribution in [0.4, 0.5) is 0 Å². The second kappa shape index (κ2) is 8.81. The molecule has 0 bridgehead atoms. The normalized spacial score (nSPS) is 18.1. The van der Waals surface area contributed by atoms with E-state index in [4.69, 9.17) is 0 Å². The molecular formula is C18H28BrN3O. The minimum Gasteiger partial charge on any atom is -0.350 e. The molecule has 23 heavy (non-hydrogen) atoms. The molecule has 0 spiro atoms. The van der Waals surface area contributed by atoms with E-state index in [9.17, 15) is 4.79 Å². The summed E-state index contributed by atoms with van der Waals surface area (Å²) in [6, 6.07) is 7.96. The van der Waals surface area contributed by atoms with Crippen molar-refractivity contribution in [2.24, 2.45) is 5.92 Å². The van der Waals surface area contributed by atoms with E-state index in [0.29, 0.717) is 24.1 Å². The smallest absolute Gasteiger partial charge is 0.251 e. The summed E-state index contributed by atoms with van der Waals surface area (Å²) in [5.41, 5.74) is 0.709. The summed E-state index contributed by atoms with van der Waals surface area (Å²) in [5, 5.41) is 3.13. The number of carbonyl (C=O) groups excluding carboxylic acids is 1. The molecule has 1 aromatic carbocycles. The largest absolute Gasteiger partial charge is 0.350 e. The molecule has 1 N–H and O–H groups in total. The zero-order chi connectivity index (χ0) is 16.8. The zero-order valence-electron chi connectivity index (χ0n) is 14.4. The number of rotatable bonds is 6. The molecule has 2 rings (SSSR count). The first-order valence-electron chi connectivity index (χ1n) is 8.42. The Balaban J connectivity index is 1.93. The molecule has 5 heteroatoms. The number of carbonyl (C=O) groups is 1. The minimum absolute atomic E-state index is 0.00850. The lowest BCUT2D eigenvalue weighted by molar-refractivity contribution is 0.0850. The van der Waals surface area contributed by atoms with E-state index in [-0.39, 0.29) is 5.91 Å². The quantitative estimate of drug-likeness (QED) is 0.822. The van der Waals surface area contributed by atoms with Crippen molar-refractivity contribution in [3.05, 3.63) is 34.3 Å². The van der Waals surface area contributed by atoms with Gasteiger partial charge in [-0.25, -0.2) is 0 Å². The van der Waals surface area contributed by atoms with Crippen molar-refractivity contribution in [1.82, 2.24) is 15.1 Å². The monoisotopic (exact) mass is 381 g/mol. The minimum atomic E-state index is 0.00850. The molecule has 1 amide bonds. The molecule has 0 aromatic heterocycles. The number of piperazine rings is 1. The summed E-state index contributed by atoms with van der Waals surface area (Å²) in [5.74, 6) is 0.636. The molecule has 1 aliphatic heterocycles. The van der Waals surface area contributed by atoms with Crippen LogP contribution in [-0.4, -0.2) is 61.5 Å². The van der Waals surface area contributed by atoms with Crippen LogP contribution in [-0.2, 0) is 0 Å². The van der Waals surface area contributed by atoms with Crippen molar-refractivity contribution in [2.75, 3.05) is 39.8 Å². The van der Waals surface area contributed by atoms with Crippen molar-refractivity contribution in [2.45, 2.75) is 26.3 Å². The second-order valence-electron chi connectivity index (χ2n) is 6.84. The van der Waals surface area contributed by atoms with E-state index in [1.807, 2.05) is 24.3 Å². The van der Waals surface area contributed by atoms with Crippen LogP contribution in [0, 0.1) is 5.92 Å². The molecule has 1 aliphatic rings. The fourth-order valence-corrected chi connectivity index (χ4v) is 3.43. The second-order valence-corrected chi connectivity index (χ2v) is 7.76. The van der Waals surface area contributed by atoms with E-state index < -0.39 is 0 Å². The standard InChI is InChI=1S/C18H28BrN3O/c1-14(2)11-17(22-9-7-21(3)8-10-22)13-20-18(23)15-5-4-6-16(19)12-15/h4-6,12,14,17H,7-11,13H2,1-3H3,(H,20,23). The highest BCUT2D eigenvalue weighted by atomic mass is 79.9. The highest BCUT2D eigenvalue weighted by Gasteiger charge is 2.23. The van der Waals surface area contributed by atoms with Crippen molar-refractivity contribution in [3.63, 3.8) is 0 Å². The maximum absolute atomic E-state index is 12.4. The van der Waals surface area contributed by atoms with Gasteiger partial charge in [0.05, 0.1) is 0 Å². The van der Waals surface area contributed by atoms with E-state index in [1.165, 1.54) is 0 Å². The molecule has 128 valence electrons. The maximum atomic E-state index is 12.4. The third kappa shape index (κ3) is 5.90. The number of halogens is 1. The van der Waals surface area contributed by atoms with E-state index in [1.54, 1.807) is 0 Å². The first kappa shape index (κ1) is 18.4. The number of benzene rings is 1. The van der Waals surface area contributed by atoms with Gasteiger partial charge in [0.1, 0.15) is 0 Å². The van der Waals surface area contributed by atoms with Crippen LogP contribution in [0.1, 0.15) is 30.6 Å². The molecule has 1 atom stereocenters. The lowest BCUT2D eigenvalue weighted by atomic mass is 10.0. The Morgan fingerprint density at radius 2 is 1.96 bits per heavy atom. The average Bonchev–Trinajstić information content (AvgIpc) is 2.51. The summed E-state index contributed by atoms with van der Waals surface area (Å²) in [6.07, 6.45) is 1.11. The molecule has 1 aromatic rings. The highest BCUT2D eigenvalue weighted by molar-refractivity contribution is 9.10. The van der Waals surface area contributed by atoms with Gasteiger partial charge in [0.25, 0.3) is 5.91 Å². The Morgan fingerprint density at radius 3 is 2.57 bits per heavy atom. The number of amides is 1. The molecule has 1 saturated heterocycles. The summed E-state index contributed by atoms with van der Waals surface area (Å²) in [6.45, 7) is 9.59. The van der Waals surface area contributed by atoms with Gasteiger partial charge in [0.2, 0.25) is 0 Å².